The fraction of sp³-hybridized carbons (Fsp3) is 0.571. The number of aromatic nitrogens is 4. The van der Waals surface area contributed by atoms with Gasteiger partial charge in [0.15, 0.2) is 17.7 Å². The Morgan fingerprint density at radius 3 is 2.79 bits per heavy atom. The minimum Gasteiger partial charge on any atom is -0.387 e. The number of fused-ring (bicyclic) bond motifs is 1. The Hall–Kier alpha value is -2.16. The number of nitrogens with zero attached hydrogens (tertiary/aromatic N) is 4. The molecular weight excluding hydrogens is 405 g/mol. The second-order valence-corrected chi connectivity index (χ2v) is 7.11. The Labute approximate surface area is 160 Å². The standard InChI is InChI=1S/C14H17F3N6O4S/c15-14(16,17)13(26)19-1-2-28-3-6-8(24)9(25)12(27-6)23-5-22-7-10(18)20-4-21-11(7)23/h4-6,8-9,12,24-25H,1-3H2,(H,19,26)(H2,18,20,21)/t6-,8-,9-,12-/m1/s1. The van der Waals surface area contributed by atoms with Gasteiger partial charge in [-0.15, -0.1) is 0 Å². The molecule has 2 aromatic heterocycles. The molecule has 14 heteroatoms. The fourth-order valence-electron chi connectivity index (χ4n) is 2.69. The molecule has 4 atom stereocenters. The number of amides is 1. The van der Waals surface area contributed by atoms with Crippen LogP contribution in [0.25, 0.3) is 11.2 Å². The zero-order chi connectivity index (χ0) is 20.5. The van der Waals surface area contributed by atoms with Gasteiger partial charge in [0.05, 0.1) is 12.4 Å². The van der Waals surface area contributed by atoms with Gasteiger partial charge in [-0.05, 0) is 0 Å². The molecule has 1 aliphatic rings. The van der Waals surface area contributed by atoms with E-state index < -0.39 is 36.6 Å². The number of aliphatic hydroxyl groups excluding tert-OH is 2. The minimum absolute atomic E-state index is 0.157. The highest BCUT2D eigenvalue weighted by Gasteiger charge is 2.44. The summed E-state index contributed by atoms with van der Waals surface area (Å²) in [6, 6.07) is 0. The molecule has 28 heavy (non-hydrogen) atoms. The van der Waals surface area contributed by atoms with Crippen molar-refractivity contribution in [2.45, 2.75) is 30.7 Å². The van der Waals surface area contributed by atoms with E-state index in [4.69, 9.17) is 10.5 Å². The van der Waals surface area contributed by atoms with Crippen molar-refractivity contribution in [1.82, 2.24) is 24.8 Å². The largest absolute Gasteiger partial charge is 0.471 e. The molecule has 0 aliphatic carbocycles. The van der Waals surface area contributed by atoms with Crippen molar-refractivity contribution in [3.63, 3.8) is 0 Å². The molecule has 0 bridgehead atoms. The molecule has 2 aromatic rings. The average molecular weight is 422 g/mol. The van der Waals surface area contributed by atoms with E-state index in [1.165, 1.54) is 29.0 Å². The van der Waals surface area contributed by atoms with Crippen LogP contribution in [0, 0.1) is 0 Å². The van der Waals surface area contributed by atoms with Gasteiger partial charge in [0, 0.05) is 18.1 Å². The number of hydrogen-bond acceptors (Lipinski definition) is 9. The maximum absolute atomic E-state index is 12.1. The van der Waals surface area contributed by atoms with Crippen LogP contribution in [0.5, 0.6) is 0 Å². The smallest absolute Gasteiger partial charge is 0.387 e. The first-order valence-corrected chi connectivity index (χ1v) is 9.23. The van der Waals surface area contributed by atoms with Gasteiger partial charge in [-0.2, -0.15) is 24.9 Å². The molecule has 10 nitrogen and oxygen atoms in total. The minimum atomic E-state index is -4.92. The molecule has 3 heterocycles. The number of alkyl halides is 3. The van der Waals surface area contributed by atoms with Crippen LogP contribution in [0.3, 0.4) is 0 Å². The lowest BCUT2D eigenvalue weighted by Gasteiger charge is -2.16. The van der Waals surface area contributed by atoms with E-state index in [9.17, 15) is 28.2 Å². The molecule has 1 amide bonds. The summed E-state index contributed by atoms with van der Waals surface area (Å²) < 4.78 is 43.4. The van der Waals surface area contributed by atoms with Gasteiger partial charge in [0.1, 0.15) is 24.1 Å². The second kappa shape index (κ2) is 8.06. The quantitative estimate of drug-likeness (QED) is 0.450. The summed E-state index contributed by atoms with van der Waals surface area (Å²) in [7, 11) is 0. The second-order valence-electron chi connectivity index (χ2n) is 5.96. The van der Waals surface area contributed by atoms with Crippen molar-refractivity contribution in [3.8, 4) is 0 Å². The number of thioether (sulfide) groups is 1. The SMILES string of the molecule is Nc1ncnc2c1ncn2[C@@H]1O[C@H](CSCCNC(=O)C(F)(F)F)[C@@H](O)[C@H]1O. The predicted molar refractivity (Wildman–Crippen MR) is 92.0 cm³/mol. The van der Waals surface area contributed by atoms with Crippen molar-refractivity contribution >= 4 is 34.7 Å². The summed E-state index contributed by atoms with van der Waals surface area (Å²) in [5, 5.41) is 22.3. The molecule has 0 unspecified atom stereocenters. The van der Waals surface area contributed by atoms with E-state index in [0.29, 0.717) is 11.2 Å². The molecule has 1 aliphatic heterocycles. The number of nitrogens with two attached hydrogens (primary N) is 1. The topological polar surface area (TPSA) is 148 Å². The number of carbonyl (C=O) groups excluding carboxylic acids is 1. The summed E-state index contributed by atoms with van der Waals surface area (Å²) in [6.07, 6.45) is -6.57. The van der Waals surface area contributed by atoms with E-state index >= 15 is 0 Å². The number of hydrogen-bond donors (Lipinski definition) is 4. The van der Waals surface area contributed by atoms with Crippen LogP contribution in [0.1, 0.15) is 6.23 Å². The van der Waals surface area contributed by atoms with Crippen molar-refractivity contribution in [3.05, 3.63) is 12.7 Å². The maximum Gasteiger partial charge on any atom is 0.471 e. The number of imidazole rings is 1. The Morgan fingerprint density at radius 1 is 1.32 bits per heavy atom. The Balaban J connectivity index is 1.56. The third-order valence-corrected chi connectivity index (χ3v) is 5.13. The molecule has 3 rings (SSSR count). The Morgan fingerprint density at radius 2 is 2.07 bits per heavy atom. The number of rotatable bonds is 6. The highest BCUT2D eigenvalue weighted by atomic mass is 32.2. The van der Waals surface area contributed by atoms with Crippen LogP contribution in [-0.2, 0) is 9.53 Å². The van der Waals surface area contributed by atoms with Crippen LogP contribution in [0.2, 0.25) is 0 Å². The van der Waals surface area contributed by atoms with Gasteiger partial charge in [-0.25, -0.2) is 15.0 Å². The summed E-state index contributed by atoms with van der Waals surface area (Å²) in [5.41, 5.74) is 6.37. The van der Waals surface area contributed by atoms with E-state index in [2.05, 4.69) is 15.0 Å². The van der Waals surface area contributed by atoms with Crippen LogP contribution in [0.4, 0.5) is 19.0 Å². The third kappa shape index (κ3) is 4.14. The number of nitrogen functional groups attached to an aromatic ring is 1. The lowest BCUT2D eigenvalue weighted by molar-refractivity contribution is -0.173. The van der Waals surface area contributed by atoms with E-state index in [0.717, 1.165) is 0 Å². The van der Waals surface area contributed by atoms with Gasteiger partial charge in [0.25, 0.3) is 0 Å². The molecule has 0 spiro atoms. The van der Waals surface area contributed by atoms with Crippen LogP contribution in [-0.4, -0.2) is 78.2 Å². The molecular formula is C14H17F3N6O4S. The van der Waals surface area contributed by atoms with Gasteiger partial charge >= 0.3 is 12.1 Å². The molecule has 154 valence electrons. The van der Waals surface area contributed by atoms with Crippen molar-refractivity contribution in [1.29, 1.82) is 0 Å². The van der Waals surface area contributed by atoms with Gasteiger partial charge in [-0.3, -0.25) is 9.36 Å². The Bertz CT molecular complexity index is 850. The zero-order valence-corrected chi connectivity index (χ0v) is 15.0. The summed E-state index contributed by atoms with van der Waals surface area (Å²) in [5.74, 6) is -1.48. The molecule has 0 radical (unpaired) electrons. The normalized spacial score (nSPS) is 25.3. The van der Waals surface area contributed by atoms with Gasteiger partial charge < -0.3 is 26.0 Å². The summed E-state index contributed by atoms with van der Waals surface area (Å²) in [4.78, 5) is 22.7. The molecule has 1 saturated heterocycles. The predicted octanol–water partition coefficient (Wildman–Crippen LogP) is -0.561. The highest BCUT2D eigenvalue weighted by Crippen LogP contribution is 2.33. The van der Waals surface area contributed by atoms with Gasteiger partial charge in [-0.1, -0.05) is 0 Å². The number of nitrogens with one attached hydrogen (secondary N) is 1. The lowest BCUT2D eigenvalue weighted by Crippen LogP contribution is -2.38. The third-order valence-electron chi connectivity index (χ3n) is 4.07. The van der Waals surface area contributed by atoms with Crippen LogP contribution >= 0.6 is 11.8 Å². The van der Waals surface area contributed by atoms with E-state index in [1.54, 1.807) is 5.32 Å². The molecule has 5 N–H and O–H groups in total. The van der Waals surface area contributed by atoms with Crippen molar-refractivity contribution in [2.24, 2.45) is 0 Å². The maximum atomic E-state index is 12.1. The summed E-state index contributed by atoms with van der Waals surface area (Å²) in [6.45, 7) is -0.194. The van der Waals surface area contributed by atoms with E-state index in [1.807, 2.05) is 0 Å². The first-order valence-electron chi connectivity index (χ1n) is 8.07. The average Bonchev–Trinajstić information content (AvgIpc) is 3.17. The van der Waals surface area contributed by atoms with Gasteiger partial charge in [0.2, 0.25) is 0 Å². The molecule has 0 saturated carbocycles. The fourth-order valence-corrected chi connectivity index (χ4v) is 3.61. The number of anilines is 1. The van der Waals surface area contributed by atoms with Crippen molar-refractivity contribution < 1.29 is 32.9 Å². The summed E-state index contributed by atoms with van der Waals surface area (Å²) >= 11 is 1.17. The van der Waals surface area contributed by atoms with Crippen LogP contribution < -0.4 is 11.1 Å². The first kappa shape index (κ1) is 20.6. The number of aliphatic hydroxyl groups is 2. The number of ether oxygens (including phenoxy) is 1. The molecule has 0 aromatic carbocycles. The molecule has 1 fully saturated rings. The first-order chi connectivity index (χ1) is 13.2. The highest BCUT2D eigenvalue weighted by molar-refractivity contribution is 7.99. The monoisotopic (exact) mass is 422 g/mol. The number of halogens is 3. The zero-order valence-electron chi connectivity index (χ0n) is 14.2. The van der Waals surface area contributed by atoms with Crippen molar-refractivity contribution in [2.75, 3.05) is 23.8 Å². The lowest BCUT2D eigenvalue weighted by atomic mass is 10.1. The van der Waals surface area contributed by atoms with Crippen LogP contribution in [0.15, 0.2) is 12.7 Å². The Kier molecular flexibility index (Phi) is 5.92. The number of carbonyl (C=O) groups is 1. The van der Waals surface area contributed by atoms with E-state index in [-0.39, 0.29) is 23.9 Å².